The molecule has 0 radical (unpaired) electrons. The van der Waals surface area contributed by atoms with Crippen LogP contribution in [0.1, 0.15) is 11.5 Å². The van der Waals surface area contributed by atoms with Crippen molar-refractivity contribution in [1.82, 2.24) is 20.4 Å². The fourth-order valence-electron chi connectivity index (χ4n) is 1.48. The first-order valence-electron chi connectivity index (χ1n) is 6.52. The number of hydrogen-bond acceptors (Lipinski definition) is 13. The molecule has 0 aromatic carbocycles. The maximum Gasteiger partial charge on any atom is 0.267 e. The van der Waals surface area contributed by atoms with E-state index in [9.17, 15) is 16.8 Å². The number of primary sulfonamides is 2. The van der Waals surface area contributed by atoms with Gasteiger partial charge in [-0.25, -0.2) is 37.1 Å². The highest BCUT2D eigenvalue weighted by atomic mass is 32.3. The number of furan rings is 1. The summed E-state index contributed by atoms with van der Waals surface area (Å²) < 4.78 is 49.2. The second-order valence-electron chi connectivity index (χ2n) is 4.55. The Balaban J connectivity index is 1.69. The predicted molar refractivity (Wildman–Crippen MR) is 95.8 cm³/mol. The maximum absolute atomic E-state index is 11.1. The topological polar surface area (TPSA) is 210 Å². The molecule has 0 atom stereocenters. The van der Waals surface area contributed by atoms with E-state index in [4.69, 9.17) is 14.7 Å². The van der Waals surface area contributed by atoms with Crippen LogP contribution in [-0.2, 0) is 20.0 Å². The molecule has 0 saturated heterocycles. The van der Waals surface area contributed by atoms with E-state index >= 15 is 0 Å². The molecule has 3 aromatic heterocycles. The molecule has 27 heavy (non-hydrogen) atoms. The van der Waals surface area contributed by atoms with E-state index in [0.717, 1.165) is 0 Å². The SMILES string of the molecule is NS(=O)(=O)c1nnc(N=Cc2ccc(C=Nc3nnc(S(N)(=O)=O)s3)o2)s1. The summed E-state index contributed by atoms with van der Waals surface area (Å²) in [5.74, 6) is 0.651. The number of nitrogens with two attached hydrogens (primary N) is 2. The fraction of sp³-hybridized carbons (Fsp3) is 0. The molecule has 13 nitrogen and oxygen atoms in total. The average Bonchev–Trinajstić information content (AvgIpc) is 3.29. The maximum atomic E-state index is 11.1. The second-order valence-corrected chi connectivity index (χ2v) is 9.93. The van der Waals surface area contributed by atoms with Crippen LogP contribution in [0.15, 0.2) is 35.2 Å². The molecule has 0 aliphatic carbocycles. The van der Waals surface area contributed by atoms with Gasteiger partial charge in [0.1, 0.15) is 11.5 Å². The molecule has 142 valence electrons. The molecule has 0 bridgehead atoms. The number of rotatable bonds is 6. The van der Waals surface area contributed by atoms with Gasteiger partial charge in [-0.05, 0) is 12.1 Å². The van der Waals surface area contributed by atoms with Crippen molar-refractivity contribution in [3.05, 3.63) is 23.7 Å². The number of sulfonamides is 2. The van der Waals surface area contributed by atoms with Crippen molar-refractivity contribution in [3.63, 3.8) is 0 Å². The highest BCUT2D eigenvalue weighted by Crippen LogP contribution is 2.22. The first kappa shape index (κ1) is 19.3. The lowest BCUT2D eigenvalue weighted by Gasteiger charge is -1.86. The Morgan fingerprint density at radius 2 is 1.22 bits per heavy atom. The highest BCUT2D eigenvalue weighted by molar-refractivity contribution is 7.91. The van der Waals surface area contributed by atoms with E-state index in [0.29, 0.717) is 34.2 Å². The Kier molecular flexibility index (Phi) is 5.22. The summed E-state index contributed by atoms with van der Waals surface area (Å²) in [4.78, 5) is 7.87. The van der Waals surface area contributed by atoms with Crippen LogP contribution in [0.4, 0.5) is 10.3 Å². The lowest BCUT2D eigenvalue weighted by molar-refractivity contribution is 0.553. The molecular formula is C10H8N8O5S4. The van der Waals surface area contributed by atoms with Crippen molar-refractivity contribution in [1.29, 1.82) is 0 Å². The molecule has 0 saturated carbocycles. The van der Waals surface area contributed by atoms with Crippen molar-refractivity contribution in [3.8, 4) is 0 Å². The molecule has 3 aromatic rings. The summed E-state index contributed by atoms with van der Waals surface area (Å²) in [5.41, 5.74) is 0. The third kappa shape index (κ3) is 5.05. The van der Waals surface area contributed by atoms with Crippen molar-refractivity contribution in [2.45, 2.75) is 8.68 Å². The molecule has 0 aliphatic heterocycles. The quantitative estimate of drug-likeness (QED) is 0.476. The average molecular weight is 448 g/mol. The molecule has 0 unspecified atom stereocenters. The molecule has 0 aliphatic rings. The molecule has 17 heteroatoms. The normalized spacial score (nSPS) is 13.1. The van der Waals surface area contributed by atoms with Gasteiger partial charge in [-0.3, -0.25) is 0 Å². The fourth-order valence-corrected chi connectivity index (χ4v) is 4.02. The molecule has 4 N–H and O–H groups in total. The van der Waals surface area contributed by atoms with Gasteiger partial charge in [-0.1, -0.05) is 22.7 Å². The first-order chi connectivity index (χ1) is 12.6. The van der Waals surface area contributed by atoms with E-state index in [1.165, 1.54) is 12.4 Å². The summed E-state index contributed by atoms with van der Waals surface area (Å²) in [6.07, 6.45) is 2.60. The van der Waals surface area contributed by atoms with Crippen LogP contribution < -0.4 is 10.3 Å². The largest absolute Gasteiger partial charge is 0.454 e. The molecule has 3 rings (SSSR count). The van der Waals surface area contributed by atoms with Crippen LogP contribution in [0.3, 0.4) is 0 Å². The minimum atomic E-state index is -3.93. The Labute approximate surface area is 159 Å². The number of nitrogens with zero attached hydrogens (tertiary/aromatic N) is 6. The van der Waals surface area contributed by atoms with Gasteiger partial charge in [0.05, 0.1) is 12.4 Å². The molecule has 0 fully saturated rings. The Morgan fingerprint density at radius 1 is 0.815 bits per heavy atom. The van der Waals surface area contributed by atoms with Crippen LogP contribution in [0.2, 0.25) is 0 Å². The Morgan fingerprint density at radius 3 is 1.56 bits per heavy atom. The van der Waals surface area contributed by atoms with Crippen LogP contribution in [0.5, 0.6) is 0 Å². The van der Waals surface area contributed by atoms with Crippen molar-refractivity contribution < 1.29 is 21.3 Å². The Bertz CT molecular complexity index is 1140. The molecule has 0 amide bonds. The number of aliphatic imine (C=N–C) groups is 2. The van der Waals surface area contributed by atoms with Gasteiger partial charge in [0.2, 0.25) is 18.9 Å². The summed E-state index contributed by atoms with van der Waals surface area (Å²) in [6.45, 7) is 0. The highest BCUT2D eigenvalue weighted by Gasteiger charge is 2.15. The third-order valence-corrected chi connectivity index (χ3v) is 6.81. The van der Waals surface area contributed by atoms with Gasteiger partial charge in [0.15, 0.2) is 0 Å². The van der Waals surface area contributed by atoms with Gasteiger partial charge < -0.3 is 4.42 Å². The number of hydrogen-bond donors (Lipinski definition) is 2. The number of aromatic nitrogens is 4. The van der Waals surface area contributed by atoms with Gasteiger partial charge in [-0.2, -0.15) is 0 Å². The monoisotopic (exact) mass is 448 g/mol. The van der Waals surface area contributed by atoms with Gasteiger partial charge in [0.25, 0.3) is 20.0 Å². The molecule has 0 spiro atoms. The zero-order valence-electron chi connectivity index (χ0n) is 12.8. The van der Waals surface area contributed by atoms with Gasteiger partial charge >= 0.3 is 0 Å². The zero-order valence-corrected chi connectivity index (χ0v) is 16.1. The first-order valence-corrected chi connectivity index (χ1v) is 11.2. The summed E-state index contributed by atoms with van der Waals surface area (Å²) in [7, 11) is -7.85. The van der Waals surface area contributed by atoms with Crippen LogP contribution in [0.25, 0.3) is 0 Å². The summed E-state index contributed by atoms with van der Waals surface area (Å²) >= 11 is 1.41. The van der Waals surface area contributed by atoms with Gasteiger partial charge in [0, 0.05) is 0 Å². The van der Waals surface area contributed by atoms with E-state index in [1.807, 2.05) is 0 Å². The van der Waals surface area contributed by atoms with Crippen LogP contribution >= 0.6 is 22.7 Å². The van der Waals surface area contributed by atoms with E-state index in [2.05, 4.69) is 30.4 Å². The standard InChI is InChI=1S/C10H8N8O5S4/c11-26(19,20)9-17-15-7(24-9)13-3-5-1-2-6(23-5)4-14-8-16-18-10(25-8)27(12,21)22/h1-4H,(H2,11,19,20)(H2,12,21,22). The van der Waals surface area contributed by atoms with Crippen molar-refractivity contribution in [2.24, 2.45) is 20.3 Å². The van der Waals surface area contributed by atoms with E-state index in [-0.39, 0.29) is 18.9 Å². The third-order valence-electron chi connectivity index (χ3n) is 2.53. The predicted octanol–water partition coefficient (Wildman–Crippen LogP) is -0.221. The smallest absolute Gasteiger partial charge is 0.267 e. The minimum absolute atomic E-state index is 0.0787. The minimum Gasteiger partial charge on any atom is -0.454 e. The van der Waals surface area contributed by atoms with Crippen molar-refractivity contribution in [2.75, 3.05) is 0 Å². The van der Waals surface area contributed by atoms with Crippen LogP contribution in [-0.4, -0.2) is 49.7 Å². The zero-order chi connectivity index (χ0) is 19.7. The second kappa shape index (κ2) is 7.29. The van der Waals surface area contributed by atoms with E-state index in [1.54, 1.807) is 12.1 Å². The summed E-state index contributed by atoms with van der Waals surface area (Å²) in [6, 6.07) is 3.14. The Hall–Kier alpha value is -2.44. The molecular weight excluding hydrogens is 440 g/mol. The summed E-state index contributed by atoms with van der Waals surface area (Å²) in [5, 5.41) is 24.0. The lowest BCUT2D eigenvalue weighted by atomic mass is 10.4. The lowest BCUT2D eigenvalue weighted by Crippen LogP contribution is -2.11. The van der Waals surface area contributed by atoms with Crippen molar-refractivity contribution >= 4 is 65.4 Å². The van der Waals surface area contributed by atoms with Gasteiger partial charge in [-0.15, -0.1) is 20.4 Å². The van der Waals surface area contributed by atoms with E-state index < -0.39 is 20.0 Å². The van der Waals surface area contributed by atoms with Crippen LogP contribution in [0, 0.1) is 0 Å². The molecule has 3 heterocycles.